The fourth-order valence-electron chi connectivity index (χ4n) is 5.08. The third-order valence-corrected chi connectivity index (χ3v) is 9.16. The predicted octanol–water partition coefficient (Wildman–Crippen LogP) is 4.47. The molecule has 7 nitrogen and oxygen atoms in total. The molecule has 202 valence electrons. The van der Waals surface area contributed by atoms with Gasteiger partial charge in [-0.15, -0.1) is 0 Å². The van der Waals surface area contributed by atoms with Crippen LogP contribution in [0.3, 0.4) is 0 Å². The summed E-state index contributed by atoms with van der Waals surface area (Å²) in [6.45, 7) is 9.93. The highest BCUT2D eigenvalue weighted by atomic mass is 32.2. The van der Waals surface area contributed by atoms with E-state index in [-0.39, 0.29) is 23.9 Å². The number of carbonyl (C=O) groups is 1. The zero-order valence-electron chi connectivity index (χ0n) is 22.9. The highest BCUT2D eigenvalue weighted by Gasteiger charge is 2.32. The molecule has 1 saturated heterocycles. The summed E-state index contributed by atoms with van der Waals surface area (Å²) >= 11 is 0. The van der Waals surface area contributed by atoms with Crippen molar-refractivity contribution in [1.82, 2.24) is 9.21 Å². The van der Waals surface area contributed by atoms with Crippen LogP contribution in [0.2, 0.25) is 0 Å². The molecule has 8 heteroatoms. The van der Waals surface area contributed by atoms with Crippen LogP contribution in [0.25, 0.3) is 0 Å². The highest BCUT2D eigenvalue weighted by molar-refractivity contribution is 7.89. The van der Waals surface area contributed by atoms with Crippen LogP contribution in [0.4, 0.5) is 5.69 Å². The second-order valence-electron chi connectivity index (χ2n) is 10.1. The molecule has 0 aromatic heterocycles. The van der Waals surface area contributed by atoms with Crippen LogP contribution >= 0.6 is 0 Å². The quantitative estimate of drug-likeness (QED) is 0.426. The van der Waals surface area contributed by atoms with Gasteiger partial charge in [0.25, 0.3) is 0 Å². The molecule has 4 rings (SSSR count). The molecule has 0 saturated carbocycles. The van der Waals surface area contributed by atoms with Crippen LogP contribution in [0.15, 0.2) is 65.6 Å². The second kappa shape index (κ2) is 11.6. The lowest BCUT2D eigenvalue weighted by Gasteiger charge is -2.37. The first kappa shape index (κ1) is 27.7. The first-order chi connectivity index (χ1) is 18.1. The van der Waals surface area contributed by atoms with E-state index in [0.717, 1.165) is 28.1 Å². The van der Waals surface area contributed by atoms with Gasteiger partial charge < -0.3 is 14.5 Å². The maximum Gasteiger partial charge on any atom is 0.244 e. The molecule has 1 aliphatic rings. The summed E-state index contributed by atoms with van der Waals surface area (Å²) in [5.74, 6) is 0.619. The van der Waals surface area contributed by atoms with Gasteiger partial charge in [-0.05, 0) is 68.7 Å². The van der Waals surface area contributed by atoms with Gasteiger partial charge in [-0.3, -0.25) is 4.79 Å². The Bertz CT molecular complexity index is 1350. The number of ether oxygens (including phenoxy) is 1. The third kappa shape index (κ3) is 6.19. The Kier molecular flexibility index (Phi) is 8.43. The minimum absolute atomic E-state index is 0.132. The van der Waals surface area contributed by atoms with Gasteiger partial charge in [-0.1, -0.05) is 47.5 Å². The summed E-state index contributed by atoms with van der Waals surface area (Å²) in [6.07, 6.45) is 0. The summed E-state index contributed by atoms with van der Waals surface area (Å²) in [6, 6.07) is 19.4. The van der Waals surface area contributed by atoms with Crippen molar-refractivity contribution in [2.45, 2.75) is 39.1 Å². The topological polar surface area (TPSA) is 70.2 Å². The van der Waals surface area contributed by atoms with E-state index in [4.69, 9.17) is 4.74 Å². The van der Waals surface area contributed by atoms with Crippen molar-refractivity contribution in [2.75, 3.05) is 44.7 Å². The molecule has 0 spiro atoms. The molecule has 3 aromatic rings. The second-order valence-corrected chi connectivity index (χ2v) is 11.9. The monoisotopic (exact) mass is 535 g/mol. The average Bonchev–Trinajstić information content (AvgIpc) is 2.89. The Labute approximate surface area is 226 Å². The minimum Gasteiger partial charge on any atom is -0.497 e. The maximum absolute atomic E-state index is 14.0. The van der Waals surface area contributed by atoms with E-state index in [1.54, 1.807) is 12.0 Å². The first-order valence-corrected chi connectivity index (χ1v) is 14.3. The van der Waals surface area contributed by atoms with E-state index in [0.29, 0.717) is 37.3 Å². The molecule has 1 aliphatic heterocycles. The number of nitrogens with zero attached hydrogens (tertiary/aromatic N) is 3. The fraction of sp³-hybridized carbons (Fsp3) is 0.367. The maximum atomic E-state index is 14.0. The molecular weight excluding hydrogens is 498 g/mol. The van der Waals surface area contributed by atoms with Gasteiger partial charge in [0.2, 0.25) is 15.9 Å². The number of aryl methyl sites for hydroxylation is 4. The zero-order valence-corrected chi connectivity index (χ0v) is 23.7. The van der Waals surface area contributed by atoms with Crippen LogP contribution in [-0.4, -0.2) is 63.4 Å². The summed E-state index contributed by atoms with van der Waals surface area (Å²) in [5, 5.41) is 0. The van der Waals surface area contributed by atoms with Crippen molar-refractivity contribution in [3.8, 4) is 5.75 Å². The molecular formula is C30H37N3O4S. The van der Waals surface area contributed by atoms with Crippen molar-refractivity contribution in [3.63, 3.8) is 0 Å². The molecule has 0 bridgehead atoms. The molecule has 3 aromatic carbocycles. The number of carbonyl (C=O) groups excluding carboxylic acids is 1. The lowest BCUT2D eigenvalue weighted by molar-refractivity contribution is -0.131. The number of methoxy groups -OCH3 is 1. The molecule has 1 amide bonds. The van der Waals surface area contributed by atoms with E-state index in [9.17, 15) is 13.2 Å². The molecule has 0 atom stereocenters. The third-order valence-electron chi connectivity index (χ3n) is 7.06. The lowest BCUT2D eigenvalue weighted by Crippen LogP contribution is -2.51. The van der Waals surface area contributed by atoms with E-state index in [1.807, 2.05) is 88.4 Å². The number of anilines is 1. The lowest BCUT2D eigenvalue weighted by atomic mass is 10.1. The SMILES string of the molecule is COc1ccc(N2CCN(C(=O)CN(Cc3ccc(C)cc3)S(=O)(=O)c3c(C)cc(C)cc3C)CC2)cc1. The van der Waals surface area contributed by atoms with E-state index < -0.39 is 10.0 Å². The van der Waals surface area contributed by atoms with Crippen molar-refractivity contribution >= 4 is 21.6 Å². The van der Waals surface area contributed by atoms with Crippen molar-refractivity contribution in [2.24, 2.45) is 0 Å². The summed E-state index contributed by atoms with van der Waals surface area (Å²) < 4.78 is 34.6. The van der Waals surface area contributed by atoms with Gasteiger partial charge in [-0.25, -0.2) is 8.42 Å². The molecule has 1 heterocycles. The van der Waals surface area contributed by atoms with Gasteiger partial charge in [0.1, 0.15) is 5.75 Å². The van der Waals surface area contributed by atoms with Gasteiger partial charge >= 0.3 is 0 Å². The van der Waals surface area contributed by atoms with Gasteiger partial charge in [0.05, 0.1) is 18.6 Å². The normalized spacial score (nSPS) is 14.2. The largest absolute Gasteiger partial charge is 0.497 e. The Hall–Kier alpha value is -3.36. The highest BCUT2D eigenvalue weighted by Crippen LogP contribution is 2.27. The number of hydrogen-bond donors (Lipinski definition) is 0. The van der Waals surface area contributed by atoms with Crippen LogP contribution in [0.1, 0.15) is 27.8 Å². The van der Waals surface area contributed by atoms with Gasteiger partial charge in [-0.2, -0.15) is 4.31 Å². The van der Waals surface area contributed by atoms with Crippen molar-refractivity contribution in [1.29, 1.82) is 0 Å². The Morgan fingerprint density at radius 2 is 1.42 bits per heavy atom. The van der Waals surface area contributed by atoms with Crippen LogP contribution in [0.5, 0.6) is 5.75 Å². The predicted molar refractivity (Wildman–Crippen MR) is 151 cm³/mol. The van der Waals surface area contributed by atoms with Crippen LogP contribution < -0.4 is 9.64 Å². The average molecular weight is 536 g/mol. The fourth-order valence-corrected chi connectivity index (χ4v) is 6.87. The smallest absolute Gasteiger partial charge is 0.244 e. The molecule has 0 unspecified atom stereocenters. The Morgan fingerprint density at radius 3 is 1.97 bits per heavy atom. The minimum atomic E-state index is -3.92. The number of benzene rings is 3. The Morgan fingerprint density at radius 1 is 0.842 bits per heavy atom. The van der Waals surface area contributed by atoms with E-state index in [2.05, 4.69) is 4.90 Å². The molecule has 1 fully saturated rings. The van der Waals surface area contributed by atoms with E-state index in [1.165, 1.54) is 4.31 Å². The number of rotatable bonds is 8. The standard InChI is InChI=1S/C30H37N3O4S/c1-22-6-8-26(9-7-22)20-33(38(35,36)30-24(3)18-23(2)19-25(30)4)21-29(34)32-16-14-31(15-17-32)27-10-12-28(37-5)13-11-27/h6-13,18-19H,14-17,20-21H2,1-5H3. The number of amides is 1. The molecule has 0 aliphatic carbocycles. The summed E-state index contributed by atoms with van der Waals surface area (Å²) in [5.41, 5.74) is 5.41. The Balaban J connectivity index is 1.53. The molecule has 0 N–H and O–H groups in total. The van der Waals surface area contributed by atoms with Gasteiger partial charge in [0, 0.05) is 38.4 Å². The van der Waals surface area contributed by atoms with Crippen molar-refractivity contribution in [3.05, 3.63) is 88.5 Å². The van der Waals surface area contributed by atoms with E-state index >= 15 is 0 Å². The summed E-state index contributed by atoms with van der Waals surface area (Å²) in [4.78, 5) is 17.7. The van der Waals surface area contributed by atoms with Gasteiger partial charge in [0.15, 0.2) is 0 Å². The zero-order chi connectivity index (χ0) is 27.4. The molecule has 38 heavy (non-hydrogen) atoms. The first-order valence-electron chi connectivity index (χ1n) is 12.9. The van der Waals surface area contributed by atoms with Crippen LogP contribution in [0, 0.1) is 27.7 Å². The van der Waals surface area contributed by atoms with Crippen LogP contribution in [-0.2, 0) is 21.4 Å². The number of piperazine rings is 1. The summed E-state index contributed by atoms with van der Waals surface area (Å²) in [7, 11) is -2.28. The number of hydrogen-bond acceptors (Lipinski definition) is 5. The van der Waals surface area contributed by atoms with Crippen molar-refractivity contribution < 1.29 is 17.9 Å². The number of sulfonamides is 1. The molecule has 0 radical (unpaired) electrons.